The third kappa shape index (κ3) is 5.09. The standard InChI is InChI=1S/C26H33.C12H9Si.2ClH.Zr/c1-9-18-10-11-19-12-17(2)13-23(19)24(18)20-14-21(25(3,4)5)16-22(15-20)26(6,7)8;1-3-7-11-9(5-1)10-6-2-4-8-12(10)13-11;;;/h10-16H,9H2,1-8H3;1-7H,13H2;2*1H;/q;;;;+2/p-2. The Kier molecular flexibility index (Phi) is 7.75. The van der Waals surface area contributed by atoms with Gasteiger partial charge in [-0.1, -0.05) is 0 Å². The fraction of sp³-hybridized carbons (Fsp3) is 0.316. The van der Waals surface area contributed by atoms with E-state index in [9.17, 15) is 0 Å². The molecular formula is C38H42Cl2SiZr. The molecule has 216 valence electrons. The molecule has 2 aliphatic rings. The van der Waals surface area contributed by atoms with E-state index in [0.717, 1.165) is 6.42 Å². The second-order valence-corrected chi connectivity index (χ2v) is 30.2. The summed E-state index contributed by atoms with van der Waals surface area (Å²) in [4.78, 5) is 0. The molecule has 0 spiro atoms. The van der Waals surface area contributed by atoms with Gasteiger partial charge in [0.25, 0.3) is 0 Å². The van der Waals surface area contributed by atoms with Crippen molar-refractivity contribution < 1.29 is 17.9 Å². The SMILES string of the molecule is CCc1ccc2c(c1-c1cc(C(C)(C)C)cc(C(C)(C)C)c1)C=C(C)[CH]2[Zr]([Cl])([Cl])[c]1cccc2c1[SiH2]c1ccccc1-2. The first-order valence-corrected chi connectivity index (χ1v) is 25.7. The quantitative estimate of drug-likeness (QED) is 0.166. The number of aryl methyl sites for hydroxylation is 1. The Morgan fingerprint density at radius 3 is 2.07 bits per heavy atom. The molecule has 1 unspecified atom stereocenters. The molecule has 0 saturated carbocycles. The maximum absolute atomic E-state index is 7.82. The van der Waals surface area contributed by atoms with E-state index >= 15 is 0 Å². The average Bonchev–Trinajstić information content (AvgIpc) is 3.48. The van der Waals surface area contributed by atoms with Gasteiger partial charge in [-0.15, -0.1) is 0 Å². The van der Waals surface area contributed by atoms with Crippen LogP contribution in [0.15, 0.2) is 78.4 Å². The van der Waals surface area contributed by atoms with Crippen LogP contribution in [0.5, 0.6) is 0 Å². The van der Waals surface area contributed by atoms with Gasteiger partial charge >= 0.3 is 269 Å². The molecule has 1 heterocycles. The predicted molar refractivity (Wildman–Crippen MR) is 186 cm³/mol. The van der Waals surface area contributed by atoms with Crippen LogP contribution < -0.4 is 13.6 Å². The molecule has 42 heavy (non-hydrogen) atoms. The van der Waals surface area contributed by atoms with Crippen molar-refractivity contribution in [2.75, 3.05) is 0 Å². The van der Waals surface area contributed by atoms with Crippen LogP contribution in [0.3, 0.4) is 0 Å². The Labute approximate surface area is 266 Å². The summed E-state index contributed by atoms with van der Waals surface area (Å²) >= 11 is -3.96. The number of fused-ring (bicyclic) bond motifs is 4. The third-order valence-electron chi connectivity index (χ3n) is 9.41. The van der Waals surface area contributed by atoms with E-state index in [-0.39, 0.29) is 14.5 Å². The van der Waals surface area contributed by atoms with Gasteiger partial charge in [0.05, 0.1) is 0 Å². The minimum absolute atomic E-state index is 0.0572. The fourth-order valence-electron chi connectivity index (χ4n) is 7.02. The Morgan fingerprint density at radius 2 is 1.43 bits per heavy atom. The molecule has 1 aliphatic carbocycles. The van der Waals surface area contributed by atoms with Crippen LogP contribution in [0.1, 0.15) is 86.8 Å². The number of rotatable bonds is 4. The Hall–Kier alpha value is -1.70. The summed E-state index contributed by atoms with van der Waals surface area (Å²) in [6.45, 7) is 18.4. The average molecular weight is 689 g/mol. The topological polar surface area (TPSA) is 0 Å². The Morgan fingerprint density at radius 1 is 0.786 bits per heavy atom. The van der Waals surface area contributed by atoms with Crippen molar-refractivity contribution in [2.45, 2.75) is 76.3 Å². The molecule has 1 aliphatic heterocycles. The first kappa shape index (κ1) is 30.3. The summed E-state index contributed by atoms with van der Waals surface area (Å²) in [6.07, 6.45) is 3.40. The van der Waals surface area contributed by atoms with Gasteiger partial charge in [0.15, 0.2) is 0 Å². The van der Waals surface area contributed by atoms with Crippen LogP contribution in [0.2, 0.25) is 0 Å². The molecular weight excluding hydrogens is 647 g/mol. The van der Waals surface area contributed by atoms with Gasteiger partial charge in [-0.3, -0.25) is 0 Å². The zero-order valence-electron chi connectivity index (χ0n) is 26.3. The Balaban J connectivity index is 1.53. The van der Waals surface area contributed by atoms with Gasteiger partial charge in [-0.25, -0.2) is 0 Å². The molecule has 4 heteroatoms. The summed E-state index contributed by atoms with van der Waals surface area (Å²) in [7, 11) is 15.0. The summed E-state index contributed by atoms with van der Waals surface area (Å²) in [5.41, 5.74) is 13.7. The molecule has 0 nitrogen and oxygen atoms in total. The first-order valence-electron chi connectivity index (χ1n) is 15.3. The van der Waals surface area contributed by atoms with E-state index in [1.165, 1.54) is 69.3 Å². The zero-order valence-corrected chi connectivity index (χ0v) is 31.6. The maximum atomic E-state index is 7.82. The van der Waals surface area contributed by atoms with Crippen molar-refractivity contribution in [3.63, 3.8) is 0 Å². The van der Waals surface area contributed by atoms with Gasteiger partial charge in [0.1, 0.15) is 0 Å². The van der Waals surface area contributed by atoms with Crippen molar-refractivity contribution in [2.24, 2.45) is 0 Å². The van der Waals surface area contributed by atoms with E-state index < -0.39 is 27.4 Å². The van der Waals surface area contributed by atoms with E-state index in [2.05, 4.69) is 134 Å². The zero-order chi connectivity index (χ0) is 30.2. The van der Waals surface area contributed by atoms with E-state index in [1.54, 1.807) is 0 Å². The van der Waals surface area contributed by atoms with Gasteiger partial charge in [-0.2, -0.15) is 0 Å². The van der Waals surface area contributed by atoms with Crippen LogP contribution in [-0.4, -0.2) is 9.52 Å². The molecule has 0 bridgehead atoms. The van der Waals surface area contributed by atoms with E-state index in [4.69, 9.17) is 17.0 Å². The molecule has 4 aromatic rings. The van der Waals surface area contributed by atoms with Gasteiger partial charge in [0.2, 0.25) is 0 Å². The number of allylic oxidation sites excluding steroid dienone is 1. The second-order valence-electron chi connectivity index (χ2n) is 14.4. The molecule has 0 fully saturated rings. The van der Waals surface area contributed by atoms with Crippen LogP contribution in [-0.2, 0) is 35.1 Å². The summed E-state index contributed by atoms with van der Waals surface area (Å²) in [5.74, 6) is 0. The van der Waals surface area contributed by atoms with E-state index in [1.807, 2.05) is 0 Å². The second kappa shape index (κ2) is 10.7. The Bertz CT molecular complexity index is 1720. The molecule has 0 saturated heterocycles. The number of hydrogen-bond donors (Lipinski definition) is 0. The monoisotopic (exact) mass is 686 g/mol. The number of benzene rings is 4. The van der Waals surface area contributed by atoms with Gasteiger partial charge in [-0.05, 0) is 0 Å². The fourth-order valence-corrected chi connectivity index (χ4v) is 24.2. The summed E-state index contributed by atoms with van der Waals surface area (Å²) < 4.78 is 1.39. The van der Waals surface area contributed by atoms with Crippen LogP contribution in [0.25, 0.3) is 28.3 Å². The molecule has 1 atom stereocenters. The number of halogens is 2. The van der Waals surface area contributed by atoms with Crippen molar-refractivity contribution >= 4 is 46.3 Å². The summed E-state index contributed by atoms with van der Waals surface area (Å²) in [6, 6.07) is 27.6. The van der Waals surface area contributed by atoms with Crippen molar-refractivity contribution in [3.05, 3.63) is 106 Å². The van der Waals surface area contributed by atoms with Crippen LogP contribution in [0, 0.1) is 0 Å². The van der Waals surface area contributed by atoms with Crippen molar-refractivity contribution in [1.82, 2.24) is 0 Å². The molecule has 0 amide bonds. The minimum atomic E-state index is -3.96. The molecule has 4 aromatic carbocycles. The number of hydrogen-bond acceptors (Lipinski definition) is 0. The van der Waals surface area contributed by atoms with Crippen molar-refractivity contribution in [3.8, 4) is 22.3 Å². The molecule has 0 radical (unpaired) electrons. The van der Waals surface area contributed by atoms with E-state index in [0.29, 0.717) is 0 Å². The first-order chi connectivity index (χ1) is 19.7. The normalized spacial score (nSPS) is 16.8. The van der Waals surface area contributed by atoms with Gasteiger partial charge < -0.3 is 0 Å². The van der Waals surface area contributed by atoms with Gasteiger partial charge in [0, 0.05) is 0 Å². The molecule has 0 aromatic heterocycles. The van der Waals surface area contributed by atoms with Crippen LogP contribution >= 0.6 is 17.0 Å². The van der Waals surface area contributed by atoms with Crippen LogP contribution in [0.4, 0.5) is 0 Å². The van der Waals surface area contributed by atoms with Crippen molar-refractivity contribution in [1.29, 1.82) is 0 Å². The molecule has 6 rings (SSSR count). The third-order valence-corrected chi connectivity index (χ3v) is 24.0. The predicted octanol–water partition coefficient (Wildman–Crippen LogP) is 8.86. The summed E-state index contributed by atoms with van der Waals surface area (Å²) in [5, 5.41) is 3.00. The molecule has 0 N–H and O–H groups in total.